The van der Waals surface area contributed by atoms with Crippen LogP contribution in [0, 0.1) is 0 Å². The van der Waals surface area contributed by atoms with Crippen molar-refractivity contribution in [3.05, 3.63) is 70.8 Å². The van der Waals surface area contributed by atoms with E-state index >= 15 is 0 Å². The zero-order valence-electron chi connectivity index (χ0n) is 11.3. The van der Waals surface area contributed by atoms with Gasteiger partial charge in [0.2, 0.25) is 0 Å². The molecule has 0 N–H and O–H groups in total. The third-order valence-corrected chi connectivity index (χ3v) is 5.02. The SMILES string of the molecule is c1cc2ccc1CCCc1ccc(cc1)[C@@H]1CC[C@H]21. The first-order chi connectivity index (χ1) is 9.40. The lowest BCUT2D eigenvalue weighted by molar-refractivity contribution is 0.346. The fraction of sp³-hybridized carbons (Fsp3) is 0.368. The highest BCUT2D eigenvalue weighted by atomic mass is 14.4. The standard InChI is InChI=1S/C19H20/c1-2-14-4-8-16(9-5-14)18-12-13-19(18)17-10-6-15(3-1)7-11-17/h4-11,18-19H,1-3,12-13H2/t18-,19+. The van der Waals surface area contributed by atoms with Crippen LogP contribution in [-0.4, -0.2) is 0 Å². The van der Waals surface area contributed by atoms with E-state index in [0.717, 1.165) is 11.8 Å². The summed E-state index contributed by atoms with van der Waals surface area (Å²) in [5.41, 5.74) is 6.08. The quantitative estimate of drug-likeness (QED) is 0.626. The molecule has 0 nitrogen and oxygen atoms in total. The molecule has 0 unspecified atom stereocenters. The second-order valence-corrected chi connectivity index (χ2v) is 6.13. The van der Waals surface area contributed by atoms with E-state index in [4.69, 9.17) is 0 Å². The molecule has 0 heteroatoms. The summed E-state index contributed by atoms with van der Waals surface area (Å²) in [6.07, 6.45) is 6.37. The maximum absolute atomic E-state index is 2.37. The van der Waals surface area contributed by atoms with Crippen LogP contribution < -0.4 is 0 Å². The van der Waals surface area contributed by atoms with Crippen molar-refractivity contribution in [2.24, 2.45) is 0 Å². The number of hydrogen-bond acceptors (Lipinski definition) is 0. The molecule has 0 aliphatic heterocycles. The minimum absolute atomic E-state index is 0.751. The summed E-state index contributed by atoms with van der Waals surface area (Å²) in [7, 11) is 0. The lowest BCUT2D eigenvalue weighted by Gasteiger charge is -2.37. The Morgan fingerprint density at radius 3 is 1.37 bits per heavy atom. The summed E-state index contributed by atoms with van der Waals surface area (Å²) < 4.78 is 0. The van der Waals surface area contributed by atoms with Gasteiger partial charge in [-0.05, 0) is 66.2 Å². The van der Waals surface area contributed by atoms with Crippen molar-refractivity contribution in [2.75, 3.05) is 0 Å². The Morgan fingerprint density at radius 2 is 1.00 bits per heavy atom. The number of aryl methyl sites for hydroxylation is 2. The maximum Gasteiger partial charge on any atom is -0.00929 e. The van der Waals surface area contributed by atoms with Gasteiger partial charge < -0.3 is 0 Å². The Bertz CT molecular complexity index is 508. The van der Waals surface area contributed by atoms with Gasteiger partial charge in [-0.2, -0.15) is 0 Å². The Morgan fingerprint density at radius 1 is 0.579 bits per heavy atom. The largest absolute Gasteiger partial charge is 0.0588 e. The zero-order chi connectivity index (χ0) is 12.7. The van der Waals surface area contributed by atoms with Crippen molar-refractivity contribution in [3.8, 4) is 0 Å². The molecular formula is C19H20. The lowest BCUT2D eigenvalue weighted by atomic mass is 9.67. The number of hydrogen-bond donors (Lipinski definition) is 0. The smallest absolute Gasteiger partial charge is 0.00929 e. The van der Waals surface area contributed by atoms with Crippen LogP contribution in [0.3, 0.4) is 0 Å². The average molecular weight is 248 g/mol. The summed E-state index contributed by atoms with van der Waals surface area (Å²) in [5, 5.41) is 0. The van der Waals surface area contributed by atoms with Gasteiger partial charge in [-0.15, -0.1) is 0 Å². The van der Waals surface area contributed by atoms with Crippen LogP contribution in [0.15, 0.2) is 48.5 Å². The average Bonchev–Trinajstić information content (AvgIpc) is 2.43. The van der Waals surface area contributed by atoms with Crippen LogP contribution in [0.5, 0.6) is 0 Å². The molecule has 0 radical (unpaired) electrons. The molecule has 0 heterocycles. The Balaban J connectivity index is 1.76. The van der Waals surface area contributed by atoms with E-state index in [-0.39, 0.29) is 0 Å². The fourth-order valence-electron chi connectivity index (χ4n) is 3.66. The van der Waals surface area contributed by atoms with Crippen molar-refractivity contribution in [2.45, 2.75) is 43.9 Å². The number of benzene rings is 2. The van der Waals surface area contributed by atoms with Crippen LogP contribution in [0.2, 0.25) is 0 Å². The van der Waals surface area contributed by atoms with Crippen molar-refractivity contribution in [1.82, 2.24) is 0 Å². The fourth-order valence-corrected chi connectivity index (χ4v) is 3.66. The topological polar surface area (TPSA) is 0 Å². The molecular weight excluding hydrogens is 228 g/mol. The maximum atomic E-state index is 2.37. The predicted octanol–water partition coefficient (Wildman–Crippen LogP) is 4.84. The van der Waals surface area contributed by atoms with E-state index in [1.165, 1.54) is 43.2 Å². The summed E-state index contributed by atoms with van der Waals surface area (Å²) in [5.74, 6) is 1.50. The van der Waals surface area contributed by atoms with Gasteiger partial charge in [-0.25, -0.2) is 0 Å². The minimum Gasteiger partial charge on any atom is -0.0588 e. The molecule has 1 fully saturated rings. The van der Waals surface area contributed by atoms with E-state index in [2.05, 4.69) is 48.5 Å². The lowest BCUT2D eigenvalue weighted by Crippen LogP contribution is -2.21. The van der Waals surface area contributed by atoms with Crippen molar-refractivity contribution < 1.29 is 0 Å². The number of rotatable bonds is 0. The Kier molecular flexibility index (Phi) is 2.69. The summed E-state index contributed by atoms with van der Waals surface area (Å²) in [6, 6.07) is 18.9. The van der Waals surface area contributed by atoms with E-state index in [1.54, 1.807) is 11.1 Å². The van der Waals surface area contributed by atoms with Gasteiger partial charge in [-0.1, -0.05) is 48.5 Å². The summed E-state index contributed by atoms with van der Waals surface area (Å²) >= 11 is 0. The van der Waals surface area contributed by atoms with Crippen LogP contribution in [-0.2, 0) is 12.8 Å². The van der Waals surface area contributed by atoms with Crippen molar-refractivity contribution in [3.63, 3.8) is 0 Å². The van der Waals surface area contributed by atoms with Gasteiger partial charge in [0, 0.05) is 0 Å². The molecule has 2 atom stereocenters. The van der Waals surface area contributed by atoms with Crippen LogP contribution in [0.1, 0.15) is 53.4 Å². The molecule has 0 saturated heterocycles. The summed E-state index contributed by atoms with van der Waals surface area (Å²) in [4.78, 5) is 0. The van der Waals surface area contributed by atoms with Gasteiger partial charge in [0.25, 0.3) is 0 Å². The molecule has 5 aliphatic carbocycles. The second kappa shape index (κ2) is 4.52. The molecule has 4 bridgehead atoms. The first-order valence-corrected chi connectivity index (χ1v) is 7.58. The molecule has 0 spiro atoms. The molecule has 2 aromatic carbocycles. The highest BCUT2D eigenvalue weighted by molar-refractivity contribution is 5.35. The van der Waals surface area contributed by atoms with Crippen molar-refractivity contribution in [1.29, 1.82) is 0 Å². The normalized spacial score (nSPS) is 24.8. The Hall–Kier alpha value is -1.56. The third kappa shape index (κ3) is 2.00. The van der Waals surface area contributed by atoms with E-state index in [9.17, 15) is 0 Å². The zero-order valence-corrected chi connectivity index (χ0v) is 11.3. The molecule has 1 saturated carbocycles. The molecule has 96 valence electrons. The monoisotopic (exact) mass is 248 g/mol. The van der Waals surface area contributed by atoms with E-state index in [0.29, 0.717) is 0 Å². The molecule has 7 rings (SSSR count). The Labute approximate surface area is 115 Å². The molecule has 5 aliphatic rings. The molecule has 0 amide bonds. The third-order valence-electron chi connectivity index (χ3n) is 5.02. The minimum atomic E-state index is 0.751. The van der Waals surface area contributed by atoms with Crippen LogP contribution >= 0.6 is 0 Å². The van der Waals surface area contributed by atoms with Crippen LogP contribution in [0.25, 0.3) is 0 Å². The molecule has 0 aromatic heterocycles. The molecule has 2 aromatic rings. The van der Waals surface area contributed by atoms with Gasteiger partial charge in [0.1, 0.15) is 0 Å². The summed E-state index contributed by atoms with van der Waals surface area (Å²) in [6.45, 7) is 0. The highest BCUT2D eigenvalue weighted by Crippen LogP contribution is 2.49. The van der Waals surface area contributed by atoms with Gasteiger partial charge in [-0.3, -0.25) is 0 Å². The van der Waals surface area contributed by atoms with Gasteiger partial charge in [0.15, 0.2) is 0 Å². The molecule has 19 heavy (non-hydrogen) atoms. The van der Waals surface area contributed by atoms with Gasteiger partial charge >= 0.3 is 0 Å². The van der Waals surface area contributed by atoms with E-state index < -0.39 is 0 Å². The highest BCUT2D eigenvalue weighted by Gasteiger charge is 2.33. The van der Waals surface area contributed by atoms with Crippen molar-refractivity contribution >= 4 is 0 Å². The van der Waals surface area contributed by atoms with Gasteiger partial charge in [0.05, 0.1) is 0 Å². The first kappa shape index (κ1) is 11.3. The predicted molar refractivity (Wildman–Crippen MR) is 79.6 cm³/mol. The van der Waals surface area contributed by atoms with Crippen LogP contribution in [0.4, 0.5) is 0 Å². The van der Waals surface area contributed by atoms with E-state index in [1.807, 2.05) is 0 Å². The first-order valence-electron chi connectivity index (χ1n) is 7.58. The second-order valence-electron chi connectivity index (χ2n) is 6.13.